The van der Waals surface area contributed by atoms with Crippen LogP contribution in [-0.4, -0.2) is 24.1 Å². The molecule has 1 aromatic heterocycles. The maximum Gasteiger partial charge on any atom is 0.162 e. The molecule has 0 aliphatic carbocycles. The third kappa shape index (κ3) is 3.41. The fourth-order valence-corrected chi connectivity index (χ4v) is 2.72. The van der Waals surface area contributed by atoms with Crippen LogP contribution < -0.4 is 5.32 Å². The minimum absolute atomic E-state index is 0.374. The number of anilines is 1. The average Bonchev–Trinajstić information content (AvgIpc) is 2.40. The van der Waals surface area contributed by atoms with Crippen molar-refractivity contribution in [3.63, 3.8) is 0 Å². The number of nitrogens with one attached hydrogen (secondary N) is 1. The highest BCUT2D eigenvalue weighted by atomic mass is 79.9. The van der Waals surface area contributed by atoms with E-state index in [2.05, 4.69) is 31.2 Å². The quantitative estimate of drug-likeness (QED) is 0.858. The summed E-state index contributed by atoms with van der Waals surface area (Å²) in [5.41, 5.74) is 1.50. The summed E-state index contributed by atoms with van der Waals surface area (Å²) < 4.78 is 5.92. The van der Waals surface area contributed by atoms with Crippen LogP contribution in [0.3, 0.4) is 0 Å². The smallest absolute Gasteiger partial charge is 0.162 e. The highest BCUT2D eigenvalue weighted by molar-refractivity contribution is 9.10. The van der Waals surface area contributed by atoms with Crippen molar-refractivity contribution >= 4 is 44.9 Å². The van der Waals surface area contributed by atoms with Gasteiger partial charge in [-0.25, -0.2) is 9.97 Å². The zero-order chi connectivity index (χ0) is 14.7. The number of ether oxygens (including phenoxy) is 1. The van der Waals surface area contributed by atoms with Gasteiger partial charge in [0.25, 0.3) is 0 Å². The molecule has 0 saturated carbocycles. The van der Waals surface area contributed by atoms with Crippen molar-refractivity contribution in [2.45, 2.75) is 6.61 Å². The Morgan fingerprint density at radius 3 is 2.40 bits per heavy atom. The van der Waals surface area contributed by atoms with Crippen LogP contribution in [0.4, 0.5) is 5.82 Å². The molecule has 0 fully saturated rings. The number of hydrogen-bond donors (Lipinski definition) is 1. The van der Waals surface area contributed by atoms with Crippen LogP contribution in [-0.2, 0) is 11.3 Å². The second-order valence-corrected chi connectivity index (χ2v) is 5.66. The van der Waals surface area contributed by atoms with Gasteiger partial charge in [0.1, 0.15) is 5.82 Å². The Labute approximate surface area is 135 Å². The molecule has 0 radical (unpaired) electrons. The van der Waals surface area contributed by atoms with Crippen LogP contribution in [0, 0.1) is 0 Å². The Morgan fingerprint density at radius 2 is 1.85 bits per heavy atom. The average molecular weight is 377 g/mol. The first-order chi connectivity index (χ1) is 9.55. The van der Waals surface area contributed by atoms with E-state index in [9.17, 15) is 0 Å². The van der Waals surface area contributed by atoms with Gasteiger partial charge in [-0.1, -0.05) is 23.2 Å². The van der Waals surface area contributed by atoms with Crippen molar-refractivity contribution in [3.05, 3.63) is 38.4 Å². The molecule has 2 rings (SSSR count). The standard InChI is InChI=1S/C13H12BrCl2N3O/c1-17-13-11(14)10(6-20-2)18-12(19-13)7-3-8(15)5-9(16)4-7/h3-5H,6H2,1-2H3,(H,17,18,19). The van der Waals surface area contributed by atoms with Crippen LogP contribution in [0.25, 0.3) is 11.4 Å². The molecule has 106 valence electrons. The fraction of sp³-hybridized carbons (Fsp3) is 0.231. The fourth-order valence-electron chi connectivity index (χ4n) is 1.70. The molecule has 0 spiro atoms. The zero-order valence-electron chi connectivity index (χ0n) is 10.9. The molecule has 2 aromatic rings. The van der Waals surface area contributed by atoms with Gasteiger partial charge >= 0.3 is 0 Å². The summed E-state index contributed by atoms with van der Waals surface area (Å²) in [4.78, 5) is 8.93. The van der Waals surface area contributed by atoms with Gasteiger partial charge < -0.3 is 10.1 Å². The maximum absolute atomic E-state index is 6.02. The van der Waals surface area contributed by atoms with E-state index >= 15 is 0 Å². The Bertz CT molecular complexity index is 617. The topological polar surface area (TPSA) is 47.0 Å². The minimum Gasteiger partial charge on any atom is -0.378 e. The summed E-state index contributed by atoms with van der Waals surface area (Å²) in [5.74, 6) is 1.21. The zero-order valence-corrected chi connectivity index (χ0v) is 14.0. The number of rotatable bonds is 4. The molecule has 1 aromatic carbocycles. The van der Waals surface area contributed by atoms with E-state index in [1.807, 2.05) is 0 Å². The Hall–Kier alpha value is -0.880. The molecule has 0 bridgehead atoms. The highest BCUT2D eigenvalue weighted by Gasteiger charge is 2.13. The number of hydrogen-bond acceptors (Lipinski definition) is 4. The molecule has 0 aliphatic rings. The SMILES string of the molecule is CNc1nc(-c2cc(Cl)cc(Cl)c2)nc(COC)c1Br. The lowest BCUT2D eigenvalue weighted by molar-refractivity contribution is 0.181. The van der Waals surface area contributed by atoms with Gasteiger partial charge in [0.05, 0.1) is 16.8 Å². The summed E-state index contributed by atoms with van der Waals surface area (Å²) in [6, 6.07) is 5.21. The van der Waals surface area contributed by atoms with Gasteiger partial charge in [-0.3, -0.25) is 0 Å². The Balaban J connectivity index is 2.58. The van der Waals surface area contributed by atoms with Crippen LogP contribution in [0.15, 0.2) is 22.7 Å². The van der Waals surface area contributed by atoms with Gasteiger partial charge in [-0.05, 0) is 34.1 Å². The number of aromatic nitrogens is 2. The van der Waals surface area contributed by atoms with Crippen molar-refractivity contribution in [1.29, 1.82) is 0 Å². The van der Waals surface area contributed by atoms with E-state index in [-0.39, 0.29) is 0 Å². The monoisotopic (exact) mass is 375 g/mol. The third-order valence-electron chi connectivity index (χ3n) is 2.56. The van der Waals surface area contributed by atoms with Gasteiger partial charge in [0, 0.05) is 29.8 Å². The lowest BCUT2D eigenvalue weighted by atomic mass is 10.2. The molecule has 0 aliphatic heterocycles. The molecular weight excluding hydrogens is 365 g/mol. The first-order valence-corrected chi connectivity index (χ1v) is 7.29. The van der Waals surface area contributed by atoms with E-state index in [1.54, 1.807) is 32.4 Å². The lowest BCUT2D eigenvalue weighted by Crippen LogP contribution is -2.04. The predicted octanol–water partition coefficient (Wildman–Crippen LogP) is 4.40. The minimum atomic E-state index is 0.374. The molecule has 1 heterocycles. The van der Waals surface area contributed by atoms with Crippen molar-refractivity contribution in [3.8, 4) is 11.4 Å². The largest absolute Gasteiger partial charge is 0.378 e. The van der Waals surface area contributed by atoms with Crippen LogP contribution >= 0.6 is 39.1 Å². The molecule has 1 N–H and O–H groups in total. The number of nitrogens with zero attached hydrogens (tertiary/aromatic N) is 2. The number of halogens is 3. The normalized spacial score (nSPS) is 10.7. The summed E-state index contributed by atoms with van der Waals surface area (Å²) in [5, 5.41) is 4.09. The number of benzene rings is 1. The molecular formula is C13H12BrCl2N3O. The van der Waals surface area contributed by atoms with Gasteiger partial charge in [-0.2, -0.15) is 0 Å². The summed E-state index contributed by atoms with van der Waals surface area (Å²) in [6.45, 7) is 0.374. The predicted molar refractivity (Wildman–Crippen MR) is 85.4 cm³/mol. The summed E-state index contributed by atoms with van der Waals surface area (Å²) in [7, 11) is 3.40. The first-order valence-electron chi connectivity index (χ1n) is 5.74. The van der Waals surface area contributed by atoms with Crippen LogP contribution in [0.2, 0.25) is 10.0 Å². The molecule has 0 saturated heterocycles. The van der Waals surface area contributed by atoms with Crippen molar-refractivity contribution < 1.29 is 4.74 Å². The van der Waals surface area contributed by atoms with E-state index < -0.39 is 0 Å². The highest BCUT2D eigenvalue weighted by Crippen LogP contribution is 2.30. The molecule has 20 heavy (non-hydrogen) atoms. The second-order valence-electron chi connectivity index (χ2n) is 4.00. The van der Waals surface area contributed by atoms with Gasteiger partial charge in [0.2, 0.25) is 0 Å². The van der Waals surface area contributed by atoms with Crippen molar-refractivity contribution in [1.82, 2.24) is 9.97 Å². The van der Waals surface area contributed by atoms with E-state index in [0.29, 0.717) is 28.3 Å². The lowest BCUT2D eigenvalue weighted by Gasteiger charge is -2.11. The summed E-state index contributed by atoms with van der Waals surface area (Å²) in [6.07, 6.45) is 0. The molecule has 4 nitrogen and oxygen atoms in total. The molecule has 0 unspecified atom stereocenters. The number of methoxy groups -OCH3 is 1. The van der Waals surface area contributed by atoms with E-state index in [1.165, 1.54) is 0 Å². The van der Waals surface area contributed by atoms with E-state index in [4.69, 9.17) is 27.9 Å². The summed E-state index contributed by atoms with van der Waals surface area (Å²) >= 11 is 15.5. The molecule has 0 atom stereocenters. The van der Waals surface area contributed by atoms with Gasteiger partial charge in [-0.15, -0.1) is 0 Å². The van der Waals surface area contributed by atoms with Crippen molar-refractivity contribution in [2.75, 3.05) is 19.5 Å². The van der Waals surface area contributed by atoms with Crippen LogP contribution in [0.1, 0.15) is 5.69 Å². The molecule has 7 heteroatoms. The third-order valence-corrected chi connectivity index (χ3v) is 3.83. The first kappa shape index (κ1) is 15.5. The Morgan fingerprint density at radius 1 is 1.20 bits per heavy atom. The van der Waals surface area contributed by atoms with E-state index in [0.717, 1.165) is 15.7 Å². The van der Waals surface area contributed by atoms with Crippen molar-refractivity contribution in [2.24, 2.45) is 0 Å². The van der Waals surface area contributed by atoms with Crippen LogP contribution in [0.5, 0.6) is 0 Å². The second kappa shape index (κ2) is 6.72. The molecule has 0 amide bonds. The van der Waals surface area contributed by atoms with Gasteiger partial charge in [0.15, 0.2) is 5.82 Å². The Kier molecular flexibility index (Phi) is 5.21. The maximum atomic E-state index is 6.02.